The average molecular weight is 311 g/mol. The van der Waals surface area contributed by atoms with Crippen molar-refractivity contribution in [2.75, 3.05) is 6.54 Å². The maximum absolute atomic E-state index is 12.1. The highest BCUT2D eigenvalue weighted by Gasteiger charge is 2.28. The van der Waals surface area contributed by atoms with Gasteiger partial charge in [-0.25, -0.2) is 14.6 Å². The smallest absolute Gasteiger partial charge is 0.266 e. The van der Waals surface area contributed by atoms with Crippen LogP contribution in [-0.4, -0.2) is 37.2 Å². The van der Waals surface area contributed by atoms with Gasteiger partial charge >= 0.3 is 0 Å². The number of hydrogen-bond donors (Lipinski definition) is 0. The number of nitrogens with zero attached hydrogens (tertiary/aromatic N) is 5. The van der Waals surface area contributed by atoms with E-state index in [9.17, 15) is 4.79 Å². The minimum atomic E-state index is 0.00304. The predicted molar refractivity (Wildman–Crippen MR) is 85.9 cm³/mol. The lowest BCUT2D eigenvalue weighted by Crippen LogP contribution is -2.37. The molecular formula is C17H21N5O. The van der Waals surface area contributed by atoms with E-state index in [0.29, 0.717) is 18.5 Å². The van der Waals surface area contributed by atoms with Crippen LogP contribution in [0.1, 0.15) is 43.0 Å². The number of hydrogen-bond acceptors (Lipinski definition) is 5. The molecule has 23 heavy (non-hydrogen) atoms. The lowest BCUT2D eigenvalue weighted by Gasteiger charge is -2.24. The fraction of sp³-hybridized carbons (Fsp3) is 0.529. The van der Waals surface area contributed by atoms with Gasteiger partial charge in [0.1, 0.15) is 6.33 Å². The highest BCUT2D eigenvalue weighted by atomic mass is 16.1. The maximum Gasteiger partial charge on any atom is 0.266 e. The molecule has 1 saturated carbocycles. The standard InChI is InChI=1S/C17H21N5O/c23-17-6-5-16(13-3-4-13)20-22(17)11-15-2-1-9-21(15)10-14-7-8-18-12-19-14/h5-8,12-13,15H,1-4,9-11H2. The molecule has 4 rings (SSSR count). The van der Waals surface area contributed by atoms with Crippen molar-refractivity contribution in [2.45, 2.75) is 50.7 Å². The molecular weight excluding hydrogens is 290 g/mol. The molecule has 120 valence electrons. The maximum atomic E-state index is 12.1. The van der Waals surface area contributed by atoms with Gasteiger partial charge in [-0.1, -0.05) is 0 Å². The van der Waals surface area contributed by atoms with E-state index in [2.05, 4.69) is 20.0 Å². The Morgan fingerprint density at radius 1 is 1.17 bits per heavy atom. The van der Waals surface area contributed by atoms with Crippen LogP contribution in [0.3, 0.4) is 0 Å². The van der Waals surface area contributed by atoms with Gasteiger partial charge in [0.05, 0.1) is 17.9 Å². The van der Waals surface area contributed by atoms with Gasteiger partial charge in [-0.2, -0.15) is 5.10 Å². The summed E-state index contributed by atoms with van der Waals surface area (Å²) in [5.74, 6) is 0.572. The second kappa shape index (κ2) is 6.20. The third kappa shape index (κ3) is 3.32. The van der Waals surface area contributed by atoms with Crippen LogP contribution >= 0.6 is 0 Å². The predicted octanol–water partition coefficient (Wildman–Crippen LogP) is 1.58. The molecule has 0 N–H and O–H groups in total. The largest absolute Gasteiger partial charge is 0.293 e. The van der Waals surface area contributed by atoms with Crippen LogP contribution in [0, 0.1) is 0 Å². The monoisotopic (exact) mass is 311 g/mol. The van der Waals surface area contributed by atoms with Gasteiger partial charge in [-0.05, 0) is 44.4 Å². The molecule has 0 aromatic carbocycles. The molecule has 1 saturated heterocycles. The molecule has 2 aromatic heterocycles. The summed E-state index contributed by atoms with van der Waals surface area (Å²) in [7, 11) is 0. The molecule has 1 atom stereocenters. The van der Waals surface area contributed by atoms with Crippen LogP contribution < -0.4 is 5.56 Å². The summed E-state index contributed by atoms with van der Waals surface area (Å²) < 4.78 is 1.66. The van der Waals surface area contributed by atoms with Crippen LogP contribution in [0.5, 0.6) is 0 Å². The molecule has 1 aliphatic carbocycles. The molecule has 0 spiro atoms. The Kier molecular flexibility index (Phi) is 3.91. The lowest BCUT2D eigenvalue weighted by atomic mass is 10.2. The number of likely N-dealkylation sites (tertiary alicyclic amines) is 1. The Morgan fingerprint density at radius 2 is 2.09 bits per heavy atom. The summed E-state index contributed by atoms with van der Waals surface area (Å²) in [6.45, 7) is 2.53. The minimum absolute atomic E-state index is 0.00304. The second-order valence-electron chi connectivity index (χ2n) is 6.52. The molecule has 0 radical (unpaired) electrons. The molecule has 2 aliphatic rings. The van der Waals surface area contributed by atoms with Gasteiger partial charge in [0.2, 0.25) is 0 Å². The molecule has 2 fully saturated rings. The van der Waals surface area contributed by atoms with Crippen molar-refractivity contribution in [3.8, 4) is 0 Å². The molecule has 2 aromatic rings. The van der Waals surface area contributed by atoms with Crippen LogP contribution in [-0.2, 0) is 13.1 Å². The normalized spacial score (nSPS) is 21.7. The Labute approximate surface area is 135 Å². The van der Waals surface area contributed by atoms with Crippen LogP contribution in [0.2, 0.25) is 0 Å². The average Bonchev–Trinajstić information content (AvgIpc) is 3.33. The fourth-order valence-corrected chi connectivity index (χ4v) is 3.32. The third-order valence-electron chi connectivity index (χ3n) is 4.77. The first-order valence-corrected chi connectivity index (χ1v) is 8.36. The van der Waals surface area contributed by atoms with Crippen LogP contribution in [0.25, 0.3) is 0 Å². The van der Waals surface area contributed by atoms with Gasteiger partial charge in [0.25, 0.3) is 5.56 Å². The van der Waals surface area contributed by atoms with E-state index in [-0.39, 0.29) is 5.56 Å². The van der Waals surface area contributed by atoms with Crippen molar-refractivity contribution < 1.29 is 0 Å². The van der Waals surface area contributed by atoms with E-state index in [1.165, 1.54) is 12.8 Å². The van der Waals surface area contributed by atoms with E-state index in [1.54, 1.807) is 23.3 Å². The Hall–Kier alpha value is -2.08. The molecule has 0 bridgehead atoms. The van der Waals surface area contributed by atoms with E-state index in [0.717, 1.165) is 37.3 Å². The fourth-order valence-electron chi connectivity index (χ4n) is 3.32. The number of aromatic nitrogens is 4. The van der Waals surface area contributed by atoms with E-state index in [1.807, 2.05) is 12.1 Å². The second-order valence-corrected chi connectivity index (χ2v) is 6.52. The summed E-state index contributed by atoms with van der Waals surface area (Å²) in [5.41, 5.74) is 2.10. The van der Waals surface area contributed by atoms with Crippen molar-refractivity contribution in [3.63, 3.8) is 0 Å². The molecule has 1 aliphatic heterocycles. The van der Waals surface area contributed by atoms with E-state index in [4.69, 9.17) is 0 Å². The molecule has 3 heterocycles. The van der Waals surface area contributed by atoms with Crippen molar-refractivity contribution in [1.29, 1.82) is 0 Å². The molecule has 0 amide bonds. The van der Waals surface area contributed by atoms with Gasteiger partial charge in [0.15, 0.2) is 0 Å². The SMILES string of the molecule is O=c1ccc(C2CC2)nn1CC1CCCN1Cc1ccncn1. The first-order chi connectivity index (χ1) is 11.3. The van der Waals surface area contributed by atoms with Crippen LogP contribution in [0.4, 0.5) is 0 Å². The lowest BCUT2D eigenvalue weighted by molar-refractivity contribution is 0.214. The summed E-state index contributed by atoms with van der Waals surface area (Å²) >= 11 is 0. The zero-order valence-corrected chi connectivity index (χ0v) is 13.1. The highest BCUT2D eigenvalue weighted by Crippen LogP contribution is 2.38. The Bertz CT molecular complexity index is 725. The van der Waals surface area contributed by atoms with E-state index < -0.39 is 0 Å². The molecule has 1 unspecified atom stereocenters. The van der Waals surface area contributed by atoms with Crippen molar-refractivity contribution in [1.82, 2.24) is 24.6 Å². The first kappa shape index (κ1) is 14.5. The zero-order valence-electron chi connectivity index (χ0n) is 13.1. The highest BCUT2D eigenvalue weighted by molar-refractivity contribution is 5.12. The van der Waals surface area contributed by atoms with E-state index >= 15 is 0 Å². The van der Waals surface area contributed by atoms with Crippen molar-refractivity contribution in [3.05, 3.63) is 52.5 Å². The van der Waals surface area contributed by atoms with Gasteiger partial charge in [-0.15, -0.1) is 0 Å². The minimum Gasteiger partial charge on any atom is -0.293 e. The summed E-state index contributed by atoms with van der Waals surface area (Å²) in [4.78, 5) is 22.8. The Morgan fingerprint density at radius 3 is 2.87 bits per heavy atom. The first-order valence-electron chi connectivity index (χ1n) is 8.36. The molecule has 6 heteroatoms. The summed E-state index contributed by atoms with van der Waals surface area (Å²) in [5, 5.41) is 4.59. The Balaban J connectivity index is 1.49. The van der Waals surface area contributed by atoms with Crippen molar-refractivity contribution in [2.24, 2.45) is 0 Å². The molecule has 6 nitrogen and oxygen atoms in total. The summed E-state index contributed by atoms with van der Waals surface area (Å²) in [6.07, 6.45) is 8.03. The van der Waals surface area contributed by atoms with Crippen molar-refractivity contribution >= 4 is 0 Å². The summed E-state index contributed by atoms with van der Waals surface area (Å²) in [6, 6.07) is 5.87. The zero-order chi connectivity index (χ0) is 15.6. The van der Waals surface area contributed by atoms with Gasteiger partial charge < -0.3 is 0 Å². The third-order valence-corrected chi connectivity index (χ3v) is 4.77. The topological polar surface area (TPSA) is 63.9 Å². The van der Waals surface area contributed by atoms with Gasteiger partial charge in [-0.3, -0.25) is 9.69 Å². The quantitative estimate of drug-likeness (QED) is 0.839. The van der Waals surface area contributed by atoms with Gasteiger partial charge in [0, 0.05) is 30.8 Å². The van der Waals surface area contributed by atoms with Crippen LogP contribution in [0.15, 0.2) is 35.5 Å². The number of rotatable bonds is 5.